The van der Waals surface area contributed by atoms with E-state index >= 15 is 0 Å². The Morgan fingerprint density at radius 2 is 2.00 bits per heavy atom. The van der Waals surface area contributed by atoms with Crippen LogP contribution in [0.15, 0.2) is 18.2 Å². The number of carbonyl (C=O) groups excluding carboxylic acids is 1. The zero-order valence-electron chi connectivity index (χ0n) is 13.2. The van der Waals surface area contributed by atoms with E-state index in [0.29, 0.717) is 6.54 Å². The number of amides is 1. The maximum atomic E-state index is 11.6. The fourth-order valence-electron chi connectivity index (χ4n) is 2.31. The predicted molar refractivity (Wildman–Crippen MR) is 89.2 cm³/mol. The lowest BCUT2D eigenvalue weighted by molar-refractivity contribution is -0.115. The van der Waals surface area contributed by atoms with Gasteiger partial charge in [-0.05, 0) is 25.2 Å². The summed E-state index contributed by atoms with van der Waals surface area (Å²) in [6.45, 7) is 6.73. The van der Waals surface area contributed by atoms with Gasteiger partial charge < -0.3 is 15.2 Å². The van der Waals surface area contributed by atoms with Gasteiger partial charge in [-0.25, -0.2) is 4.98 Å². The lowest BCUT2D eigenvalue weighted by atomic mass is 9.96. The summed E-state index contributed by atoms with van der Waals surface area (Å²) in [6, 6.07) is 5.81. The topological polar surface area (TPSA) is 59.0 Å². The third-order valence-corrected chi connectivity index (χ3v) is 3.17. The lowest BCUT2D eigenvalue weighted by Gasteiger charge is -2.17. The first-order valence-electron chi connectivity index (χ1n) is 6.74. The van der Waals surface area contributed by atoms with Gasteiger partial charge in [0.2, 0.25) is 5.91 Å². The molecule has 6 heteroatoms. The summed E-state index contributed by atoms with van der Waals surface area (Å²) in [5.74, 6) is 0.977. The molecule has 0 fully saturated rings. The van der Waals surface area contributed by atoms with Crippen LogP contribution in [0.1, 0.15) is 26.6 Å². The van der Waals surface area contributed by atoms with E-state index in [1.54, 1.807) is 7.05 Å². The van der Waals surface area contributed by atoms with Crippen molar-refractivity contribution in [3.63, 3.8) is 0 Å². The first-order valence-corrected chi connectivity index (χ1v) is 6.74. The number of halogens is 1. The molecule has 1 aromatic carbocycles. The minimum Gasteiger partial charge on any atom is -0.331 e. The van der Waals surface area contributed by atoms with Gasteiger partial charge in [0, 0.05) is 18.2 Å². The van der Waals surface area contributed by atoms with Crippen LogP contribution in [-0.2, 0) is 17.3 Å². The van der Waals surface area contributed by atoms with Crippen LogP contribution in [0.5, 0.6) is 0 Å². The van der Waals surface area contributed by atoms with Gasteiger partial charge in [0.1, 0.15) is 5.82 Å². The van der Waals surface area contributed by atoms with Crippen LogP contribution >= 0.6 is 12.4 Å². The Kier molecular flexibility index (Phi) is 5.36. The van der Waals surface area contributed by atoms with Crippen molar-refractivity contribution in [2.45, 2.75) is 26.2 Å². The van der Waals surface area contributed by atoms with E-state index in [1.807, 2.05) is 25.2 Å². The summed E-state index contributed by atoms with van der Waals surface area (Å²) in [5, 5.41) is 5.68. The molecule has 0 atom stereocenters. The first-order chi connectivity index (χ1) is 9.32. The van der Waals surface area contributed by atoms with E-state index in [1.165, 1.54) is 0 Å². The van der Waals surface area contributed by atoms with Crippen LogP contribution < -0.4 is 10.6 Å². The smallest absolute Gasteiger partial charge is 0.238 e. The highest BCUT2D eigenvalue weighted by Gasteiger charge is 2.21. The van der Waals surface area contributed by atoms with Crippen LogP contribution in [0, 0.1) is 0 Å². The van der Waals surface area contributed by atoms with Gasteiger partial charge in [-0.2, -0.15) is 0 Å². The van der Waals surface area contributed by atoms with E-state index < -0.39 is 0 Å². The number of rotatable bonds is 3. The average molecular weight is 311 g/mol. The molecule has 2 N–H and O–H groups in total. The largest absolute Gasteiger partial charge is 0.331 e. The van der Waals surface area contributed by atoms with Crippen molar-refractivity contribution < 1.29 is 4.79 Å². The monoisotopic (exact) mass is 310 g/mol. The highest BCUT2D eigenvalue weighted by Crippen LogP contribution is 2.26. The van der Waals surface area contributed by atoms with E-state index in [-0.39, 0.29) is 23.7 Å². The van der Waals surface area contributed by atoms with Gasteiger partial charge >= 0.3 is 0 Å². The highest BCUT2D eigenvalue weighted by molar-refractivity contribution is 5.94. The Morgan fingerprint density at radius 3 is 2.57 bits per heavy atom. The number of nitrogens with zero attached hydrogens (tertiary/aromatic N) is 2. The maximum absolute atomic E-state index is 11.6. The van der Waals surface area contributed by atoms with E-state index in [0.717, 1.165) is 22.5 Å². The SMILES string of the molecule is CNCC(=O)Nc1ccc2c(c1)nc(C(C)(C)C)n2C.Cl. The van der Waals surface area contributed by atoms with Crippen molar-refractivity contribution in [3.8, 4) is 0 Å². The molecule has 2 aromatic rings. The number of hydrogen-bond donors (Lipinski definition) is 2. The molecule has 0 aliphatic rings. The fraction of sp³-hybridized carbons (Fsp3) is 0.467. The quantitative estimate of drug-likeness (QED) is 0.915. The molecule has 5 nitrogen and oxygen atoms in total. The van der Waals surface area contributed by atoms with Gasteiger partial charge in [0.15, 0.2) is 0 Å². The second-order valence-corrected chi connectivity index (χ2v) is 6.03. The summed E-state index contributed by atoms with van der Waals surface area (Å²) in [5.41, 5.74) is 2.74. The second kappa shape index (κ2) is 6.45. The Labute approximate surface area is 131 Å². The molecule has 1 heterocycles. The normalized spacial score (nSPS) is 11.3. The van der Waals surface area contributed by atoms with Crippen molar-refractivity contribution in [2.75, 3.05) is 18.9 Å². The van der Waals surface area contributed by atoms with Gasteiger partial charge in [0.25, 0.3) is 0 Å². The van der Waals surface area contributed by atoms with E-state index in [4.69, 9.17) is 4.98 Å². The third kappa shape index (κ3) is 3.74. The van der Waals surface area contributed by atoms with E-state index in [9.17, 15) is 4.79 Å². The molecule has 0 saturated heterocycles. The third-order valence-electron chi connectivity index (χ3n) is 3.17. The van der Waals surface area contributed by atoms with Gasteiger partial charge in [-0.3, -0.25) is 4.79 Å². The summed E-state index contributed by atoms with van der Waals surface area (Å²) < 4.78 is 2.11. The maximum Gasteiger partial charge on any atom is 0.238 e. The van der Waals surface area contributed by atoms with Crippen molar-refractivity contribution >= 4 is 35.0 Å². The van der Waals surface area contributed by atoms with Crippen molar-refractivity contribution in [1.82, 2.24) is 14.9 Å². The fourth-order valence-corrected chi connectivity index (χ4v) is 2.31. The zero-order valence-corrected chi connectivity index (χ0v) is 14.0. The summed E-state index contributed by atoms with van der Waals surface area (Å²) >= 11 is 0. The number of likely N-dealkylation sites (N-methyl/N-ethyl adjacent to an activating group) is 1. The second-order valence-electron chi connectivity index (χ2n) is 6.03. The number of fused-ring (bicyclic) bond motifs is 1. The van der Waals surface area contributed by atoms with Crippen molar-refractivity contribution in [3.05, 3.63) is 24.0 Å². The summed E-state index contributed by atoms with van der Waals surface area (Å²) in [4.78, 5) is 16.3. The number of hydrogen-bond acceptors (Lipinski definition) is 3. The van der Waals surface area contributed by atoms with E-state index in [2.05, 4.69) is 36.0 Å². The number of anilines is 1. The molecule has 21 heavy (non-hydrogen) atoms. The standard InChI is InChI=1S/C15H22N4O.ClH/c1-15(2,3)14-18-11-8-10(17-13(20)9-16-4)6-7-12(11)19(14)5;/h6-8,16H,9H2,1-5H3,(H,17,20);1H. The molecule has 0 aliphatic heterocycles. The van der Waals surface area contributed by atoms with Crippen LogP contribution in [0.2, 0.25) is 0 Å². The Morgan fingerprint density at radius 1 is 1.33 bits per heavy atom. The Hall–Kier alpha value is -1.59. The molecule has 0 aliphatic carbocycles. The first kappa shape index (κ1) is 17.5. The number of benzene rings is 1. The molecule has 2 rings (SSSR count). The van der Waals surface area contributed by atoms with Crippen LogP contribution in [0.25, 0.3) is 11.0 Å². The van der Waals surface area contributed by atoms with Crippen LogP contribution in [0.4, 0.5) is 5.69 Å². The predicted octanol–water partition coefficient (Wildman–Crippen LogP) is 2.45. The molecule has 0 bridgehead atoms. The van der Waals surface area contributed by atoms with Crippen LogP contribution in [0.3, 0.4) is 0 Å². The molecule has 0 spiro atoms. The number of nitrogens with one attached hydrogen (secondary N) is 2. The molecule has 1 aromatic heterocycles. The van der Waals surface area contributed by atoms with Gasteiger partial charge in [0.05, 0.1) is 17.6 Å². The number of aromatic nitrogens is 2. The Bertz CT molecular complexity index is 643. The zero-order chi connectivity index (χ0) is 14.9. The van der Waals surface area contributed by atoms with Crippen molar-refractivity contribution in [2.24, 2.45) is 7.05 Å². The molecular formula is C15H23ClN4O. The van der Waals surface area contributed by atoms with Crippen molar-refractivity contribution in [1.29, 1.82) is 0 Å². The molecule has 116 valence electrons. The average Bonchev–Trinajstić information content (AvgIpc) is 2.66. The molecule has 1 amide bonds. The molecular weight excluding hydrogens is 288 g/mol. The molecule has 0 saturated carbocycles. The lowest BCUT2D eigenvalue weighted by Crippen LogP contribution is -2.24. The van der Waals surface area contributed by atoms with Gasteiger partial charge in [-0.1, -0.05) is 20.8 Å². The number of carbonyl (C=O) groups is 1. The number of aryl methyl sites for hydroxylation is 1. The van der Waals surface area contributed by atoms with Crippen LogP contribution in [-0.4, -0.2) is 29.1 Å². The molecule has 0 unspecified atom stereocenters. The minimum absolute atomic E-state index is 0. The summed E-state index contributed by atoms with van der Waals surface area (Å²) in [7, 11) is 3.77. The Balaban J connectivity index is 0.00000220. The minimum atomic E-state index is -0.0566. The summed E-state index contributed by atoms with van der Waals surface area (Å²) in [6.07, 6.45) is 0. The highest BCUT2D eigenvalue weighted by atomic mass is 35.5. The molecule has 0 radical (unpaired) electrons. The number of imidazole rings is 1. The van der Waals surface area contributed by atoms with Gasteiger partial charge in [-0.15, -0.1) is 12.4 Å².